The largest absolute Gasteiger partial charge is 0.478 e. The predicted octanol–water partition coefficient (Wildman–Crippen LogP) is 1.88. The van der Waals surface area contributed by atoms with Crippen LogP contribution in [0.3, 0.4) is 0 Å². The van der Waals surface area contributed by atoms with Crippen LogP contribution in [-0.2, 0) is 4.74 Å². The lowest BCUT2D eigenvalue weighted by Crippen LogP contribution is -2.24. The summed E-state index contributed by atoms with van der Waals surface area (Å²) in [6.07, 6.45) is 7.63. The highest BCUT2D eigenvalue weighted by atomic mass is 16.5. The topological polar surface area (TPSA) is 56.3 Å². The minimum absolute atomic E-state index is 0.346. The molecule has 19 heavy (non-hydrogen) atoms. The van der Waals surface area contributed by atoms with Gasteiger partial charge in [0.15, 0.2) is 0 Å². The van der Waals surface area contributed by atoms with E-state index in [1.54, 1.807) is 12.3 Å². The molecule has 1 saturated heterocycles. The van der Waals surface area contributed by atoms with Gasteiger partial charge in [0.05, 0.1) is 19.3 Å². The fourth-order valence-electron chi connectivity index (χ4n) is 2.64. The van der Waals surface area contributed by atoms with Crippen molar-refractivity contribution in [1.82, 2.24) is 9.97 Å². The minimum Gasteiger partial charge on any atom is -0.478 e. The van der Waals surface area contributed by atoms with Crippen molar-refractivity contribution in [3.8, 4) is 5.88 Å². The van der Waals surface area contributed by atoms with E-state index in [2.05, 4.69) is 27.4 Å². The number of nitrogens with zero attached hydrogens (tertiary/aromatic N) is 2. The summed E-state index contributed by atoms with van der Waals surface area (Å²) in [5.74, 6) is 2.36. The van der Waals surface area contributed by atoms with Crippen molar-refractivity contribution in [2.75, 3.05) is 25.1 Å². The van der Waals surface area contributed by atoms with Crippen molar-refractivity contribution in [3.63, 3.8) is 0 Å². The molecule has 2 heterocycles. The van der Waals surface area contributed by atoms with Gasteiger partial charge in [-0.25, -0.2) is 4.98 Å². The Morgan fingerprint density at radius 2 is 2.42 bits per heavy atom. The van der Waals surface area contributed by atoms with E-state index in [-0.39, 0.29) is 0 Å². The van der Waals surface area contributed by atoms with Crippen LogP contribution in [0.4, 0.5) is 5.95 Å². The lowest BCUT2D eigenvalue weighted by Gasteiger charge is -2.22. The third-order valence-electron chi connectivity index (χ3n) is 3.66. The molecule has 1 aliphatic carbocycles. The molecule has 0 unspecified atom stereocenters. The van der Waals surface area contributed by atoms with Crippen LogP contribution in [0.2, 0.25) is 0 Å². The zero-order valence-electron chi connectivity index (χ0n) is 11.1. The van der Waals surface area contributed by atoms with Gasteiger partial charge in [0.2, 0.25) is 11.8 Å². The van der Waals surface area contributed by atoms with Gasteiger partial charge < -0.3 is 14.8 Å². The van der Waals surface area contributed by atoms with Gasteiger partial charge in [-0.2, -0.15) is 4.98 Å². The number of fused-ring (bicyclic) bond motifs is 2. The molecule has 0 radical (unpaired) electrons. The summed E-state index contributed by atoms with van der Waals surface area (Å²) >= 11 is 0. The minimum atomic E-state index is 0.346. The molecule has 2 bridgehead atoms. The summed E-state index contributed by atoms with van der Waals surface area (Å²) in [5.41, 5.74) is 0. The van der Waals surface area contributed by atoms with Crippen LogP contribution in [0, 0.1) is 11.8 Å². The van der Waals surface area contributed by atoms with E-state index < -0.39 is 0 Å². The fraction of sp³-hybridized carbons (Fsp3) is 0.571. The Hall–Kier alpha value is -1.62. The van der Waals surface area contributed by atoms with Gasteiger partial charge in [0, 0.05) is 18.8 Å². The maximum Gasteiger partial charge on any atom is 0.225 e. The van der Waals surface area contributed by atoms with Gasteiger partial charge in [0.25, 0.3) is 0 Å². The lowest BCUT2D eigenvalue weighted by molar-refractivity contribution is 0.140. The van der Waals surface area contributed by atoms with Crippen LogP contribution in [0.25, 0.3) is 0 Å². The summed E-state index contributed by atoms with van der Waals surface area (Å²) in [5, 5.41) is 3.29. The van der Waals surface area contributed by atoms with Gasteiger partial charge in [-0.15, -0.1) is 0 Å². The van der Waals surface area contributed by atoms with Crippen LogP contribution in [-0.4, -0.2) is 35.8 Å². The van der Waals surface area contributed by atoms with Crippen molar-refractivity contribution in [1.29, 1.82) is 0 Å². The standard InChI is InChI=1S/C14H19N3O2/c1-2-18-13-5-6-15-14(17-13)16-8-10-3-4-12-7-11(10)9-19-12/h3-6,10-12H,2,7-9H2,1H3,(H,15,16,17)/t10-,11+,12-/m0/s1. The Morgan fingerprint density at radius 1 is 1.47 bits per heavy atom. The molecule has 1 aromatic rings. The Kier molecular flexibility index (Phi) is 3.64. The van der Waals surface area contributed by atoms with Crippen LogP contribution >= 0.6 is 0 Å². The van der Waals surface area contributed by atoms with Gasteiger partial charge in [0.1, 0.15) is 0 Å². The maximum absolute atomic E-state index is 5.64. The lowest BCUT2D eigenvalue weighted by atomic mass is 9.85. The molecule has 3 atom stereocenters. The number of ether oxygens (including phenoxy) is 2. The Morgan fingerprint density at radius 3 is 3.32 bits per heavy atom. The van der Waals surface area contributed by atoms with Crippen LogP contribution < -0.4 is 10.1 Å². The fourth-order valence-corrected chi connectivity index (χ4v) is 2.64. The normalized spacial score (nSPS) is 28.4. The molecular formula is C14H19N3O2. The number of hydrogen-bond donors (Lipinski definition) is 1. The van der Waals surface area contributed by atoms with Crippen molar-refractivity contribution in [2.24, 2.45) is 11.8 Å². The Labute approximate surface area is 113 Å². The Bertz CT molecular complexity index is 464. The number of nitrogens with one attached hydrogen (secondary N) is 1. The zero-order valence-corrected chi connectivity index (χ0v) is 11.1. The summed E-state index contributed by atoms with van der Waals surface area (Å²) < 4.78 is 11.0. The molecule has 1 aliphatic heterocycles. The second-order valence-corrected chi connectivity index (χ2v) is 4.95. The van der Waals surface area contributed by atoms with E-state index in [4.69, 9.17) is 9.47 Å². The molecule has 1 fully saturated rings. The highest BCUT2D eigenvalue weighted by molar-refractivity contribution is 5.28. The van der Waals surface area contributed by atoms with Crippen LogP contribution in [0.1, 0.15) is 13.3 Å². The molecule has 102 valence electrons. The summed E-state index contributed by atoms with van der Waals surface area (Å²) in [4.78, 5) is 8.52. The average Bonchev–Trinajstić information content (AvgIpc) is 2.81. The monoisotopic (exact) mass is 261 g/mol. The van der Waals surface area contributed by atoms with Crippen molar-refractivity contribution in [3.05, 3.63) is 24.4 Å². The molecular weight excluding hydrogens is 242 g/mol. The number of hydrogen-bond acceptors (Lipinski definition) is 5. The SMILES string of the molecule is CCOc1ccnc(NC[C@@H]2C=C[C@H]3C[C@@H]2CO3)n1. The van der Waals surface area contributed by atoms with Crippen LogP contribution in [0.15, 0.2) is 24.4 Å². The smallest absolute Gasteiger partial charge is 0.225 e. The first-order valence-corrected chi connectivity index (χ1v) is 6.85. The first kappa shape index (κ1) is 12.4. The van der Waals surface area contributed by atoms with E-state index in [0.717, 1.165) is 19.6 Å². The Balaban J connectivity index is 1.58. The third-order valence-corrected chi connectivity index (χ3v) is 3.66. The molecule has 3 rings (SSSR count). The van der Waals surface area contributed by atoms with E-state index in [1.807, 2.05) is 6.92 Å². The highest BCUT2D eigenvalue weighted by Gasteiger charge is 2.32. The highest BCUT2D eigenvalue weighted by Crippen LogP contribution is 2.32. The number of aromatic nitrogens is 2. The molecule has 5 heteroatoms. The van der Waals surface area contributed by atoms with Crippen molar-refractivity contribution in [2.45, 2.75) is 19.4 Å². The molecule has 1 aromatic heterocycles. The third kappa shape index (κ3) is 2.87. The van der Waals surface area contributed by atoms with Gasteiger partial charge >= 0.3 is 0 Å². The molecule has 0 amide bonds. The molecule has 2 aliphatic rings. The van der Waals surface area contributed by atoms with Gasteiger partial charge in [-0.1, -0.05) is 12.2 Å². The molecule has 5 nitrogen and oxygen atoms in total. The average molecular weight is 261 g/mol. The van der Waals surface area contributed by atoms with E-state index in [0.29, 0.717) is 36.4 Å². The number of anilines is 1. The van der Waals surface area contributed by atoms with E-state index in [9.17, 15) is 0 Å². The quantitative estimate of drug-likeness (QED) is 0.820. The van der Waals surface area contributed by atoms with Crippen molar-refractivity contribution < 1.29 is 9.47 Å². The number of rotatable bonds is 5. The van der Waals surface area contributed by atoms with Crippen molar-refractivity contribution >= 4 is 5.95 Å². The van der Waals surface area contributed by atoms with E-state index >= 15 is 0 Å². The summed E-state index contributed by atoms with van der Waals surface area (Å²) in [6, 6.07) is 1.77. The van der Waals surface area contributed by atoms with Gasteiger partial charge in [-0.05, 0) is 25.2 Å². The maximum atomic E-state index is 5.64. The van der Waals surface area contributed by atoms with Crippen LogP contribution in [0.5, 0.6) is 5.88 Å². The van der Waals surface area contributed by atoms with E-state index in [1.165, 1.54) is 0 Å². The van der Waals surface area contributed by atoms with Gasteiger partial charge in [-0.3, -0.25) is 0 Å². The molecule has 1 N–H and O–H groups in total. The zero-order chi connectivity index (χ0) is 13.1. The summed E-state index contributed by atoms with van der Waals surface area (Å²) in [6.45, 7) is 4.26. The summed E-state index contributed by atoms with van der Waals surface area (Å²) in [7, 11) is 0. The first-order chi connectivity index (χ1) is 9.35. The second-order valence-electron chi connectivity index (χ2n) is 4.95. The second kappa shape index (κ2) is 5.57. The molecule has 0 aromatic carbocycles. The molecule has 0 saturated carbocycles. The molecule has 0 spiro atoms. The first-order valence-electron chi connectivity index (χ1n) is 6.85. The predicted molar refractivity (Wildman–Crippen MR) is 72.2 cm³/mol.